The van der Waals surface area contributed by atoms with Crippen molar-refractivity contribution < 1.29 is 14.3 Å². The van der Waals surface area contributed by atoms with Crippen LogP contribution in [-0.4, -0.2) is 66.7 Å². The van der Waals surface area contributed by atoms with E-state index in [1.165, 1.54) is 11.3 Å². The Morgan fingerprint density at radius 3 is 2.44 bits per heavy atom. The molecule has 1 fully saturated rings. The number of amides is 2. The summed E-state index contributed by atoms with van der Waals surface area (Å²) in [5, 5.41) is 2.96. The first-order chi connectivity index (χ1) is 11.7. The molecule has 0 aliphatic carbocycles. The van der Waals surface area contributed by atoms with Crippen molar-refractivity contribution in [1.82, 2.24) is 15.1 Å². The van der Waals surface area contributed by atoms with E-state index in [0.29, 0.717) is 19.6 Å². The van der Waals surface area contributed by atoms with E-state index < -0.39 is 5.60 Å². The van der Waals surface area contributed by atoms with Gasteiger partial charge in [-0.25, -0.2) is 4.79 Å². The summed E-state index contributed by atoms with van der Waals surface area (Å²) in [5.41, 5.74) is -0.451. The van der Waals surface area contributed by atoms with Gasteiger partial charge in [-0.2, -0.15) is 0 Å². The summed E-state index contributed by atoms with van der Waals surface area (Å²) in [6, 6.07) is 3.83. The van der Waals surface area contributed by atoms with Crippen LogP contribution in [0.1, 0.15) is 41.7 Å². The van der Waals surface area contributed by atoms with E-state index >= 15 is 0 Å². The number of carbonyl (C=O) groups is 2. The van der Waals surface area contributed by atoms with Crippen LogP contribution < -0.4 is 5.32 Å². The minimum Gasteiger partial charge on any atom is -0.444 e. The number of ether oxygens (including phenoxy) is 1. The maximum absolute atomic E-state index is 12.0. The molecule has 0 saturated carbocycles. The second-order valence-electron chi connectivity index (χ2n) is 7.33. The number of rotatable bonds is 5. The molecule has 0 aromatic carbocycles. The molecule has 25 heavy (non-hydrogen) atoms. The number of thiophene rings is 1. The zero-order chi connectivity index (χ0) is 18.4. The van der Waals surface area contributed by atoms with Crippen molar-refractivity contribution in [2.45, 2.75) is 39.7 Å². The fourth-order valence-corrected chi connectivity index (χ4v) is 3.41. The van der Waals surface area contributed by atoms with Crippen molar-refractivity contribution in [1.29, 1.82) is 0 Å². The molecule has 0 atom stereocenters. The summed E-state index contributed by atoms with van der Waals surface area (Å²) in [6.07, 6.45) is 0.674. The Morgan fingerprint density at radius 2 is 1.88 bits per heavy atom. The van der Waals surface area contributed by atoms with E-state index in [1.807, 2.05) is 39.8 Å². The molecule has 0 spiro atoms. The van der Waals surface area contributed by atoms with Gasteiger partial charge in [0, 0.05) is 37.6 Å². The third-order valence-electron chi connectivity index (χ3n) is 3.92. The lowest BCUT2D eigenvalue weighted by Gasteiger charge is -2.35. The SMILES string of the molecule is Cc1ccc(C(=O)NCCCN2CCN(C(=O)OC(C)(C)C)CC2)s1. The van der Waals surface area contributed by atoms with Crippen LogP contribution in [0.3, 0.4) is 0 Å². The van der Waals surface area contributed by atoms with Gasteiger partial charge in [0.2, 0.25) is 0 Å². The highest BCUT2D eigenvalue weighted by atomic mass is 32.1. The van der Waals surface area contributed by atoms with E-state index in [0.717, 1.165) is 35.8 Å². The fraction of sp³-hybridized carbons (Fsp3) is 0.667. The minimum absolute atomic E-state index is 0.00726. The highest BCUT2D eigenvalue weighted by molar-refractivity contribution is 7.13. The molecule has 140 valence electrons. The van der Waals surface area contributed by atoms with Crippen LogP contribution in [0.15, 0.2) is 12.1 Å². The minimum atomic E-state index is -0.451. The number of hydrogen-bond donors (Lipinski definition) is 1. The molecule has 1 saturated heterocycles. The van der Waals surface area contributed by atoms with Gasteiger partial charge in [-0.3, -0.25) is 9.69 Å². The van der Waals surface area contributed by atoms with Crippen molar-refractivity contribution >= 4 is 23.3 Å². The fourth-order valence-electron chi connectivity index (χ4n) is 2.63. The molecule has 0 bridgehead atoms. The van der Waals surface area contributed by atoms with Crippen molar-refractivity contribution in [3.63, 3.8) is 0 Å². The van der Waals surface area contributed by atoms with E-state index in [9.17, 15) is 9.59 Å². The van der Waals surface area contributed by atoms with Crippen LogP contribution in [0, 0.1) is 6.92 Å². The molecule has 2 rings (SSSR count). The molecule has 1 aromatic rings. The largest absolute Gasteiger partial charge is 0.444 e. The average molecular weight is 368 g/mol. The normalized spacial score (nSPS) is 15.9. The van der Waals surface area contributed by atoms with Crippen LogP contribution in [0.5, 0.6) is 0 Å². The molecule has 1 aliphatic heterocycles. The molecule has 6 nitrogen and oxygen atoms in total. The molecule has 0 unspecified atom stereocenters. The first kappa shape index (κ1) is 19.7. The molecule has 2 amide bonds. The Kier molecular flexibility index (Phi) is 6.84. The zero-order valence-corrected chi connectivity index (χ0v) is 16.4. The summed E-state index contributed by atoms with van der Waals surface area (Å²) < 4.78 is 5.40. The van der Waals surface area contributed by atoms with Gasteiger partial charge in [0.1, 0.15) is 5.60 Å². The summed E-state index contributed by atoms with van der Waals surface area (Å²) in [6.45, 7) is 12.3. The smallest absolute Gasteiger partial charge is 0.410 e. The van der Waals surface area contributed by atoms with Crippen LogP contribution in [-0.2, 0) is 4.74 Å². The second-order valence-corrected chi connectivity index (χ2v) is 8.62. The highest BCUT2D eigenvalue weighted by Crippen LogP contribution is 2.14. The van der Waals surface area contributed by atoms with Gasteiger partial charge in [-0.05, 0) is 52.8 Å². The maximum atomic E-state index is 12.0. The second kappa shape index (κ2) is 8.67. The summed E-state index contributed by atoms with van der Waals surface area (Å²) >= 11 is 1.52. The standard InChI is InChI=1S/C18H29N3O3S/c1-14-6-7-15(25-14)16(22)19-8-5-9-20-10-12-21(13-11-20)17(23)24-18(2,3)4/h6-7H,5,8-13H2,1-4H3,(H,19,22). The van der Waals surface area contributed by atoms with Crippen LogP contribution in [0.4, 0.5) is 4.79 Å². The van der Waals surface area contributed by atoms with Crippen LogP contribution in [0.25, 0.3) is 0 Å². The average Bonchev–Trinajstić information content (AvgIpc) is 2.97. The monoisotopic (exact) mass is 367 g/mol. The molecule has 7 heteroatoms. The predicted octanol–water partition coefficient (Wildman–Crippen LogP) is 2.73. The third-order valence-corrected chi connectivity index (χ3v) is 4.92. The topological polar surface area (TPSA) is 61.9 Å². The quantitative estimate of drug-likeness (QED) is 0.813. The lowest BCUT2D eigenvalue weighted by Crippen LogP contribution is -2.50. The molecular formula is C18H29N3O3S. The highest BCUT2D eigenvalue weighted by Gasteiger charge is 2.25. The molecule has 1 aliphatic rings. The Labute approximate surface area is 154 Å². The summed E-state index contributed by atoms with van der Waals surface area (Å²) in [4.78, 5) is 30.0. The van der Waals surface area contributed by atoms with Gasteiger partial charge in [0.25, 0.3) is 5.91 Å². The van der Waals surface area contributed by atoms with Crippen molar-refractivity contribution in [3.05, 3.63) is 21.9 Å². The molecule has 2 heterocycles. The van der Waals surface area contributed by atoms with E-state index in [2.05, 4.69) is 10.2 Å². The Bertz CT molecular complexity index is 587. The Morgan fingerprint density at radius 1 is 1.20 bits per heavy atom. The molecule has 1 aromatic heterocycles. The lowest BCUT2D eigenvalue weighted by atomic mass is 10.2. The first-order valence-electron chi connectivity index (χ1n) is 8.79. The van der Waals surface area contributed by atoms with Gasteiger partial charge in [-0.1, -0.05) is 0 Å². The molecular weight excluding hydrogens is 338 g/mol. The van der Waals surface area contributed by atoms with Crippen molar-refractivity contribution in [2.75, 3.05) is 39.3 Å². The Hall–Kier alpha value is -1.60. The van der Waals surface area contributed by atoms with Gasteiger partial charge in [0.05, 0.1) is 4.88 Å². The Balaban J connectivity index is 1.61. The number of carbonyl (C=O) groups excluding carboxylic acids is 2. The third kappa shape index (κ3) is 6.66. The lowest BCUT2D eigenvalue weighted by molar-refractivity contribution is 0.0144. The van der Waals surface area contributed by atoms with E-state index in [1.54, 1.807) is 4.90 Å². The van der Waals surface area contributed by atoms with Gasteiger partial charge in [-0.15, -0.1) is 11.3 Å². The maximum Gasteiger partial charge on any atom is 0.410 e. The number of nitrogens with zero attached hydrogens (tertiary/aromatic N) is 2. The number of nitrogens with one attached hydrogen (secondary N) is 1. The predicted molar refractivity (Wildman–Crippen MR) is 100 cm³/mol. The van der Waals surface area contributed by atoms with Gasteiger partial charge < -0.3 is 15.0 Å². The number of hydrogen-bond acceptors (Lipinski definition) is 5. The van der Waals surface area contributed by atoms with Crippen molar-refractivity contribution in [2.24, 2.45) is 0 Å². The number of piperazine rings is 1. The van der Waals surface area contributed by atoms with E-state index in [-0.39, 0.29) is 12.0 Å². The van der Waals surface area contributed by atoms with Crippen LogP contribution in [0.2, 0.25) is 0 Å². The summed E-state index contributed by atoms with van der Waals surface area (Å²) in [5.74, 6) is 0.00726. The number of aryl methyl sites for hydroxylation is 1. The molecule has 0 radical (unpaired) electrons. The van der Waals surface area contributed by atoms with E-state index in [4.69, 9.17) is 4.74 Å². The van der Waals surface area contributed by atoms with Crippen molar-refractivity contribution in [3.8, 4) is 0 Å². The first-order valence-corrected chi connectivity index (χ1v) is 9.61. The zero-order valence-electron chi connectivity index (χ0n) is 15.6. The molecule has 1 N–H and O–H groups in total. The van der Waals surface area contributed by atoms with Gasteiger partial charge >= 0.3 is 6.09 Å². The van der Waals surface area contributed by atoms with Crippen LogP contribution >= 0.6 is 11.3 Å². The van der Waals surface area contributed by atoms with Gasteiger partial charge in [0.15, 0.2) is 0 Å². The summed E-state index contributed by atoms with van der Waals surface area (Å²) in [7, 11) is 0.